The van der Waals surface area contributed by atoms with Gasteiger partial charge in [0.15, 0.2) is 0 Å². The molecule has 0 radical (unpaired) electrons. The van der Waals surface area contributed by atoms with E-state index in [4.69, 9.17) is 0 Å². The van der Waals surface area contributed by atoms with E-state index in [1.807, 2.05) is 0 Å². The Hall–Kier alpha value is -2.17. The quantitative estimate of drug-likeness (QED) is 0.783. The van der Waals surface area contributed by atoms with E-state index < -0.39 is 22.0 Å². The Morgan fingerprint density at radius 2 is 2.11 bits per heavy atom. The number of β-amino-alcohol motifs (C(OH)–C–C–N with tert-alkyl or cyclic N) is 1. The molecule has 0 spiro atoms. The van der Waals surface area contributed by atoms with E-state index in [-0.39, 0.29) is 48.5 Å². The number of aromatic nitrogens is 2. The van der Waals surface area contributed by atoms with Gasteiger partial charge >= 0.3 is 0 Å². The summed E-state index contributed by atoms with van der Waals surface area (Å²) in [5.74, 6) is -2.92. The fraction of sp³-hybridized carbons (Fsp3) is 0.444. The lowest BCUT2D eigenvalue weighted by atomic mass is 10.0. The maximum Gasteiger partial charge on any atom is 0.290 e. The SMILES string of the molecule is C[C@H]1[C@H](O)CN1c1nc(-c2ccc3c(c2)S(=O)(=O)NC3)c2c(n1)C(F)(F)CC2. The lowest BCUT2D eigenvalue weighted by Crippen LogP contribution is -2.59. The molecule has 2 aliphatic heterocycles. The Balaban J connectivity index is 1.69. The second kappa shape index (κ2) is 5.68. The summed E-state index contributed by atoms with van der Waals surface area (Å²) in [6.45, 7) is 2.26. The van der Waals surface area contributed by atoms with Crippen molar-refractivity contribution in [1.82, 2.24) is 14.7 Å². The van der Waals surface area contributed by atoms with Gasteiger partial charge in [0.2, 0.25) is 16.0 Å². The second-order valence-corrected chi connectivity index (χ2v) is 9.25. The summed E-state index contributed by atoms with van der Waals surface area (Å²) in [6, 6.07) is 4.60. The average Bonchev–Trinajstić information content (AvgIpc) is 3.14. The number of hydrogen-bond donors (Lipinski definition) is 2. The van der Waals surface area contributed by atoms with Crippen molar-refractivity contribution < 1.29 is 22.3 Å². The summed E-state index contributed by atoms with van der Waals surface area (Å²) in [7, 11) is -3.59. The molecule has 1 aliphatic carbocycles. The minimum atomic E-state index is -3.59. The number of halogens is 2. The molecular formula is C18H18F2N4O3S. The maximum absolute atomic E-state index is 14.5. The van der Waals surface area contributed by atoms with E-state index in [0.29, 0.717) is 22.4 Å². The zero-order chi connectivity index (χ0) is 19.8. The van der Waals surface area contributed by atoms with Crippen molar-refractivity contribution in [2.75, 3.05) is 11.4 Å². The number of anilines is 1. The molecule has 1 fully saturated rings. The molecule has 10 heteroatoms. The molecule has 7 nitrogen and oxygen atoms in total. The first kappa shape index (κ1) is 17.9. The highest BCUT2D eigenvalue weighted by Gasteiger charge is 2.45. The van der Waals surface area contributed by atoms with Crippen LogP contribution in [0.3, 0.4) is 0 Å². The average molecular weight is 408 g/mol. The Morgan fingerprint density at radius 3 is 2.82 bits per heavy atom. The zero-order valence-corrected chi connectivity index (χ0v) is 15.8. The lowest BCUT2D eigenvalue weighted by Gasteiger charge is -2.43. The molecule has 148 valence electrons. The van der Waals surface area contributed by atoms with E-state index in [1.54, 1.807) is 24.0 Å². The van der Waals surface area contributed by atoms with Crippen LogP contribution >= 0.6 is 0 Å². The predicted molar refractivity (Wildman–Crippen MR) is 96.5 cm³/mol. The highest BCUT2D eigenvalue weighted by atomic mass is 32.2. The molecule has 28 heavy (non-hydrogen) atoms. The molecule has 0 bridgehead atoms. The fourth-order valence-electron chi connectivity index (χ4n) is 3.98. The van der Waals surface area contributed by atoms with Gasteiger partial charge in [0, 0.05) is 30.6 Å². The Bertz CT molecular complexity index is 1110. The topological polar surface area (TPSA) is 95.4 Å². The fourth-order valence-corrected chi connectivity index (χ4v) is 5.25. The number of benzene rings is 1. The summed E-state index contributed by atoms with van der Waals surface area (Å²) >= 11 is 0. The monoisotopic (exact) mass is 408 g/mol. The van der Waals surface area contributed by atoms with Crippen molar-refractivity contribution in [3.05, 3.63) is 35.0 Å². The molecule has 3 aliphatic rings. The van der Waals surface area contributed by atoms with Gasteiger partial charge in [-0.1, -0.05) is 12.1 Å². The summed E-state index contributed by atoms with van der Waals surface area (Å²) in [5, 5.41) is 9.78. The first-order valence-electron chi connectivity index (χ1n) is 9.04. The van der Waals surface area contributed by atoms with E-state index in [1.165, 1.54) is 6.07 Å². The predicted octanol–water partition coefficient (Wildman–Crippen LogP) is 1.54. The zero-order valence-electron chi connectivity index (χ0n) is 15.0. The van der Waals surface area contributed by atoms with Crippen molar-refractivity contribution in [2.45, 2.75) is 49.3 Å². The molecule has 0 saturated carbocycles. The van der Waals surface area contributed by atoms with Gasteiger partial charge in [0.1, 0.15) is 5.69 Å². The molecule has 1 saturated heterocycles. The van der Waals surface area contributed by atoms with Crippen molar-refractivity contribution in [1.29, 1.82) is 0 Å². The third kappa shape index (κ3) is 2.48. The minimum absolute atomic E-state index is 0.123. The van der Waals surface area contributed by atoms with Crippen LogP contribution in [0.25, 0.3) is 11.3 Å². The smallest absolute Gasteiger partial charge is 0.290 e. The molecular weight excluding hydrogens is 390 g/mol. The van der Waals surface area contributed by atoms with Crippen LogP contribution in [-0.2, 0) is 28.9 Å². The van der Waals surface area contributed by atoms with Gasteiger partial charge in [-0.15, -0.1) is 0 Å². The Labute approximate surface area is 160 Å². The standard InChI is InChI=1S/C18H18F2N4O3S/c1-9-13(25)8-24(9)17-22-15(12-4-5-18(19,20)16(12)23-17)10-2-3-11-7-21-28(26,27)14(11)6-10/h2-3,6,9,13,21,25H,4-5,7-8H2,1H3/t9-,13+/m0/s1. The van der Waals surface area contributed by atoms with Gasteiger partial charge in [-0.25, -0.2) is 23.1 Å². The number of aliphatic hydroxyl groups is 1. The molecule has 2 atom stereocenters. The number of nitrogens with zero attached hydrogens (tertiary/aromatic N) is 3. The van der Waals surface area contributed by atoms with Crippen LogP contribution in [-0.4, -0.2) is 42.2 Å². The Morgan fingerprint density at radius 1 is 1.32 bits per heavy atom. The van der Waals surface area contributed by atoms with Crippen LogP contribution in [0.15, 0.2) is 23.1 Å². The molecule has 2 N–H and O–H groups in total. The van der Waals surface area contributed by atoms with E-state index in [0.717, 1.165) is 0 Å². The van der Waals surface area contributed by atoms with Gasteiger partial charge in [-0.2, -0.15) is 8.78 Å². The second-order valence-electron chi connectivity index (χ2n) is 7.51. The minimum Gasteiger partial charge on any atom is -0.389 e. The van der Waals surface area contributed by atoms with Crippen LogP contribution in [0.4, 0.5) is 14.7 Å². The van der Waals surface area contributed by atoms with Gasteiger partial charge in [0.05, 0.1) is 22.7 Å². The first-order valence-corrected chi connectivity index (χ1v) is 10.5. The molecule has 5 rings (SSSR count). The molecule has 0 amide bonds. The molecule has 2 aromatic rings. The number of rotatable bonds is 2. The number of alkyl halides is 2. The van der Waals surface area contributed by atoms with Crippen molar-refractivity contribution in [3.63, 3.8) is 0 Å². The van der Waals surface area contributed by atoms with Crippen molar-refractivity contribution >= 4 is 16.0 Å². The number of fused-ring (bicyclic) bond motifs is 2. The summed E-state index contributed by atoms with van der Waals surface area (Å²) < 4.78 is 55.7. The number of hydrogen-bond acceptors (Lipinski definition) is 6. The normalized spacial score (nSPS) is 26.6. The van der Waals surface area contributed by atoms with Crippen LogP contribution in [0.2, 0.25) is 0 Å². The van der Waals surface area contributed by atoms with E-state index >= 15 is 0 Å². The van der Waals surface area contributed by atoms with Crippen LogP contribution < -0.4 is 9.62 Å². The van der Waals surface area contributed by atoms with Crippen LogP contribution in [0.5, 0.6) is 0 Å². The Kier molecular flexibility index (Phi) is 3.63. The van der Waals surface area contributed by atoms with Crippen LogP contribution in [0.1, 0.15) is 30.2 Å². The summed E-state index contributed by atoms with van der Waals surface area (Å²) in [4.78, 5) is 10.5. The van der Waals surface area contributed by atoms with Gasteiger partial charge in [0.25, 0.3) is 5.92 Å². The molecule has 0 unspecified atom stereocenters. The van der Waals surface area contributed by atoms with Gasteiger partial charge in [-0.3, -0.25) is 0 Å². The lowest BCUT2D eigenvalue weighted by molar-refractivity contribution is -0.00603. The van der Waals surface area contributed by atoms with E-state index in [2.05, 4.69) is 14.7 Å². The molecule has 1 aromatic heterocycles. The number of nitrogens with one attached hydrogen (secondary N) is 1. The molecule has 3 heterocycles. The summed E-state index contributed by atoms with van der Waals surface area (Å²) in [6.07, 6.45) is -0.786. The van der Waals surface area contributed by atoms with Gasteiger partial charge < -0.3 is 10.0 Å². The number of aliphatic hydroxyl groups excluding tert-OH is 1. The third-order valence-electron chi connectivity index (χ3n) is 5.80. The first-order chi connectivity index (χ1) is 13.2. The van der Waals surface area contributed by atoms with Gasteiger partial charge in [-0.05, 0) is 25.0 Å². The number of sulfonamides is 1. The maximum atomic E-state index is 14.5. The van der Waals surface area contributed by atoms with Crippen molar-refractivity contribution in [3.8, 4) is 11.3 Å². The van der Waals surface area contributed by atoms with E-state index in [9.17, 15) is 22.3 Å². The molecule has 1 aromatic carbocycles. The third-order valence-corrected chi connectivity index (χ3v) is 7.29. The summed E-state index contributed by atoms with van der Waals surface area (Å²) in [5.41, 5.74) is 1.49. The van der Waals surface area contributed by atoms with Crippen LogP contribution in [0, 0.1) is 0 Å². The highest BCUT2D eigenvalue weighted by molar-refractivity contribution is 7.89. The van der Waals surface area contributed by atoms with Crippen molar-refractivity contribution in [2.24, 2.45) is 0 Å². The highest BCUT2D eigenvalue weighted by Crippen LogP contribution is 2.45. The largest absolute Gasteiger partial charge is 0.389 e.